The van der Waals surface area contributed by atoms with Crippen LogP contribution < -0.4 is 5.32 Å². The fourth-order valence-electron chi connectivity index (χ4n) is 3.78. The van der Waals surface area contributed by atoms with E-state index in [1.54, 1.807) is 0 Å². The summed E-state index contributed by atoms with van der Waals surface area (Å²) in [5, 5.41) is 11.2. The van der Waals surface area contributed by atoms with Crippen molar-refractivity contribution in [2.75, 3.05) is 13.7 Å². The Morgan fingerprint density at radius 3 is 2.09 bits per heavy atom. The van der Waals surface area contributed by atoms with Gasteiger partial charge in [-0.05, 0) is 29.2 Å². The predicted molar refractivity (Wildman–Crippen MR) is 112 cm³/mol. The third kappa shape index (κ3) is 4.87. The zero-order valence-electron chi connectivity index (χ0n) is 17.6. The summed E-state index contributed by atoms with van der Waals surface area (Å²) in [7, 11) is 1.18. The molecule has 32 heavy (non-hydrogen) atoms. The van der Waals surface area contributed by atoms with E-state index in [9.17, 15) is 23.2 Å². The van der Waals surface area contributed by atoms with Crippen LogP contribution in [-0.4, -0.2) is 60.1 Å². The van der Waals surface area contributed by atoms with Crippen molar-refractivity contribution in [2.24, 2.45) is 0 Å². The molecule has 0 fully saturated rings. The summed E-state index contributed by atoms with van der Waals surface area (Å²) in [5.74, 6) is -2.46. The lowest BCUT2D eigenvalue weighted by Crippen LogP contribution is -2.52. The molecule has 0 spiro atoms. The van der Waals surface area contributed by atoms with E-state index < -0.39 is 42.9 Å². The number of aliphatic carboxylic acids is 1. The van der Waals surface area contributed by atoms with Crippen LogP contribution in [0.2, 0.25) is 0 Å². The van der Waals surface area contributed by atoms with Crippen molar-refractivity contribution in [1.82, 2.24) is 10.2 Å². The Morgan fingerprint density at radius 2 is 1.59 bits per heavy atom. The maximum Gasteiger partial charge on any atom is 0.407 e. The Balaban J connectivity index is 1.69. The Morgan fingerprint density at radius 1 is 1.06 bits per heavy atom. The summed E-state index contributed by atoms with van der Waals surface area (Å²) in [6.45, 7) is 1.20. The second-order valence-corrected chi connectivity index (χ2v) is 7.61. The minimum absolute atomic E-state index is 0.0448. The van der Waals surface area contributed by atoms with Crippen LogP contribution in [0.1, 0.15) is 30.4 Å². The Labute approximate surface area is 184 Å². The third-order valence-corrected chi connectivity index (χ3v) is 5.63. The van der Waals surface area contributed by atoms with E-state index in [2.05, 4.69) is 5.32 Å². The molecule has 2 unspecified atom stereocenters. The van der Waals surface area contributed by atoms with Crippen LogP contribution in [0, 0.1) is 0 Å². The first-order chi connectivity index (χ1) is 15.2. The van der Waals surface area contributed by atoms with Gasteiger partial charge in [0.15, 0.2) is 0 Å². The molecule has 0 aliphatic heterocycles. The maximum atomic E-state index is 13.0. The number of carboxylic acids is 1. The normalized spacial score (nSPS) is 14.3. The molecule has 0 saturated heterocycles. The molecule has 1 aliphatic rings. The number of benzene rings is 2. The lowest BCUT2D eigenvalue weighted by atomic mass is 9.98. The van der Waals surface area contributed by atoms with Gasteiger partial charge in [0.05, 0.1) is 0 Å². The van der Waals surface area contributed by atoms with Gasteiger partial charge in [-0.1, -0.05) is 48.5 Å². The van der Waals surface area contributed by atoms with Gasteiger partial charge in [-0.3, -0.25) is 4.79 Å². The van der Waals surface area contributed by atoms with Crippen LogP contribution in [0.25, 0.3) is 11.1 Å². The minimum atomic E-state index is -2.88. The molecule has 2 amide bonds. The number of hydrogen-bond acceptors (Lipinski definition) is 4. The second kappa shape index (κ2) is 9.76. The molecule has 2 aromatic rings. The van der Waals surface area contributed by atoms with E-state index in [-0.39, 0.29) is 12.5 Å². The van der Waals surface area contributed by atoms with Crippen LogP contribution in [0.3, 0.4) is 0 Å². The van der Waals surface area contributed by atoms with E-state index in [4.69, 9.17) is 9.84 Å². The zero-order valence-corrected chi connectivity index (χ0v) is 17.6. The number of carbonyl (C=O) groups excluding carboxylic acids is 2. The molecular formula is C23H24F2N2O5. The molecule has 2 N–H and O–H groups in total. The van der Waals surface area contributed by atoms with E-state index >= 15 is 0 Å². The molecule has 0 radical (unpaired) electrons. The summed E-state index contributed by atoms with van der Waals surface area (Å²) >= 11 is 0. The summed E-state index contributed by atoms with van der Waals surface area (Å²) in [4.78, 5) is 36.8. The number of ether oxygens (including phenoxy) is 1. The average Bonchev–Trinajstić information content (AvgIpc) is 3.09. The molecular weight excluding hydrogens is 422 g/mol. The number of nitrogens with one attached hydrogen (secondary N) is 1. The second-order valence-electron chi connectivity index (χ2n) is 7.61. The lowest BCUT2D eigenvalue weighted by Gasteiger charge is -2.27. The highest BCUT2D eigenvalue weighted by Crippen LogP contribution is 2.44. The van der Waals surface area contributed by atoms with Crippen molar-refractivity contribution in [2.45, 2.75) is 37.8 Å². The Hall–Kier alpha value is -3.49. The van der Waals surface area contributed by atoms with Gasteiger partial charge in [0.2, 0.25) is 12.3 Å². The SMILES string of the molecule is CC(C(=O)O)N(C)C(=O)C(CC(F)F)NC(=O)OCC1c2ccccc2-c2ccccc21. The van der Waals surface area contributed by atoms with Gasteiger partial charge in [-0.2, -0.15) is 0 Å². The molecule has 2 aromatic carbocycles. The molecule has 9 heteroatoms. The van der Waals surface area contributed by atoms with E-state index in [1.165, 1.54) is 14.0 Å². The van der Waals surface area contributed by atoms with Crippen molar-refractivity contribution < 1.29 is 33.0 Å². The molecule has 170 valence electrons. The summed E-state index contributed by atoms with van der Waals surface area (Å²) in [5.41, 5.74) is 4.03. The molecule has 2 atom stereocenters. The number of fused-ring (bicyclic) bond motifs is 3. The predicted octanol–water partition coefficient (Wildman–Crippen LogP) is 3.48. The van der Waals surface area contributed by atoms with E-state index in [0.29, 0.717) is 0 Å². The van der Waals surface area contributed by atoms with Crippen molar-refractivity contribution in [3.63, 3.8) is 0 Å². The molecule has 3 rings (SSSR count). The molecule has 0 heterocycles. The standard InChI is InChI=1S/C23H24F2N2O5/c1-13(22(29)30)27(2)21(28)19(11-20(24)25)26-23(31)32-12-18-16-9-5-3-7-14(16)15-8-4-6-10-17(15)18/h3-10,13,18-20H,11-12H2,1-2H3,(H,26,31)(H,29,30). The summed E-state index contributed by atoms with van der Waals surface area (Å²) < 4.78 is 31.3. The lowest BCUT2D eigenvalue weighted by molar-refractivity contribution is -0.149. The Kier molecular flexibility index (Phi) is 7.07. The first-order valence-corrected chi connectivity index (χ1v) is 10.1. The van der Waals surface area contributed by atoms with Gasteiger partial charge >= 0.3 is 12.1 Å². The highest BCUT2D eigenvalue weighted by molar-refractivity contribution is 5.89. The number of rotatable bonds is 8. The van der Waals surface area contributed by atoms with Crippen LogP contribution in [0.4, 0.5) is 13.6 Å². The average molecular weight is 446 g/mol. The number of carbonyl (C=O) groups is 3. The first kappa shape index (κ1) is 23.2. The number of amides is 2. The smallest absolute Gasteiger partial charge is 0.407 e. The largest absolute Gasteiger partial charge is 0.480 e. The van der Waals surface area contributed by atoms with Crippen LogP contribution in [-0.2, 0) is 14.3 Å². The molecule has 0 saturated carbocycles. The van der Waals surface area contributed by atoms with Crippen LogP contribution in [0.15, 0.2) is 48.5 Å². The fraction of sp³-hybridized carbons (Fsp3) is 0.348. The van der Waals surface area contributed by atoms with Crippen molar-refractivity contribution >= 4 is 18.0 Å². The van der Waals surface area contributed by atoms with Gasteiger partial charge in [0.1, 0.15) is 18.7 Å². The Bertz CT molecular complexity index is 968. The van der Waals surface area contributed by atoms with Crippen molar-refractivity contribution in [3.8, 4) is 11.1 Å². The molecule has 0 aromatic heterocycles. The molecule has 0 bridgehead atoms. The van der Waals surface area contributed by atoms with Crippen molar-refractivity contribution in [3.05, 3.63) is 59.7 Å². The number of carboxylic acid groups (broad SMARTS) is 1. The quantitative estimate of drug-likeness (QED) is 0.647. The van der Waals surface area contributed by atoms with Gasteiger partial charge in [0.25, 0.3) is 0 Å². The minimum Gasteiger partial charge on any atom is -0.480 e. The van der Waals surface area contributed by atoms with Crippen molar-refractivity contribution in [1.29, 1.82) is 0 Å². The highest BCUT2D eigenvalue weighted by atomic mass is 19.3. The van der Waals surface area contributed by atoms with E-state index in [1.807, 2.05) is 48.5 Å². The number of nitrogens with zero attached hydrogens (tertiary/aromatic N) is 1. The number of halogens is 2. The zero-order chi connectivity index (χ0) is 23.4. The first-order valence-electron chi connectivity index (χ1n) is 10.1. The maximum absolute atomic E-state index is 13.0. The highest BCUT2D eigenvalue weighted by Gasteiger charge is 2.33. The molecule has 7 nitrogen and oxygen atoms in total. The molecule has 1 aliphatic carbocycles. The van der Waals surface area contributed by atoms with Gasteiger partial charge < -0.3 is 20.1 Å². The van der Waals surface area contributed by atoms with Gasteiger partial charge in [-0.25, -0.2) is 18.4 Å². The number of alkyl halides is 2. The number of alkyl carbamates (subject to hydrolysis) is 1. The number of hydrogen-bond donors (Lipinski definition) is 2. The van der Waals surface area contributed by atoms with E-state index in [0.717, 1.165) is 27.2 Å². The monoisotopic (exact) mass is 446 g/mol. The van der Waals surface area contributed by atoms with Crippen LogP contribution in [0.5, 0.6) is 0 Å². The van der Waals surface area contributed by atoms with Crippen LogP contribution >= 0.6 is 0 Å². The van der Waals surface area contributed by atoms with Gasteiger partial charge in [0, 0.05) is 19.4 Å². The topological polar surface area (TPSA) is 95.9 Å². The third-order valence-electron chi connectivity index (χ3n) is 5.63. The van der Waals surface area contributed by atoms with Gasteiger partial charge in [-0.15, -0.1) is 0 Å². The summed E-state index contributed by atoms with van der Waals surface area (Å²) in [6, 6.07) is 12.6. The summed E-state index contributed by atoms with van der Waals surface area (Å²) in [6.07, 6.45) is -4.87. The fourth-order valence-corrected chi connectivity index (χ4v) is 3.78. The number of likely N-dealkylation sites (N-methyl/N-ethyl adjacent to an activating group) is 1.